The summed E-state index contributed by atoms with van der Waals surface area (Å²) in [5.41, 5.74) is 1.16. The fraction of sp³-hybridized carbons (Fsp3) is 0.150. The first-order valence-electron chi connectivity index (χ1n) is 7.96. The van der Waals surface area contributed by atoms with Crippen LogP contribution >= 0.6 is 0 Å². The molecule has 1 aromatic heterocycles. The first-order valence-corrected chi connectivity index (χ1v) is 7.96. The van der Waals surface area contributed by atoms with E-state index in [2.05, 4.69) is 5.32 Å². The van der Waals surface area contributed by atoms with Gasteiger partial charge in [0.2, 0.25) is 0 Å². The Hall–Kier alpha value is -3.28. The first kappa shape index (κ1) is 17.5. The van der Waals surface area contributed by atoms with Crippen LogP contribution in [0.4, 0.5) is 4.39 Å². The molecule has 1 heterocycles. The van der Waals surface area contributed by atoms with Gasteiger partial charge < -0.3 is 19.2 Å². The lowest BCUT2D eigenvalue weighted by atomic mass is 10.1. The first-order chi connectivity index (χ1) is 12.6. The summed E-state index contributed by atoms with van der Waals surface area (Å²) < 4.78 is 29.7. The number of furan rings is 1. The van der Waals surface area contributed by atoms with Gasteiger partial charge in [0, 0.05) is 6.54 Å². The third-order valence-electron chi connectivity index (χ3n) is 3.87. The van der Waals surface area contributed by atoms with E-state index < -0.39 is 5.82 Å². The maximum atomic E-state index is 13.8. The third kappa shape index (κ3) is 3.69. The van der Waals surface area contributed by atoms with Gasteiger partial charge in [-0.05, 0) is 42.0 Å². The average molecular weight is 355 g/mol. The summed E-state index contributed by atoms with van der Waals surface area (Å²) in [5.74, 6) is 0.826. The Morgan fingerprint density at radius 1 is 1.04 bits per heavy atom. The highest BCUT2D eigenvalue weighted by atomic mass is 19.1. The number of hydrogen-bond acceptors (Lipinski definition) is 4. The number of carbonyl (C=O) groups excluding carboxylic acids is 1. The Bertz CT molecular complexity index is 920. The Kier molecular flexibility index (Phi) is 5.22. The molecule has 0 bridgehead atoms. The Morgan fingerprint density at radius 3 is 2.54 bits per heavy atom. The van der Waals surface area contributed by atoms with Crippen LogP contribution in [0, 0.1) is 5.82 Å². The van der Waals surface area contributed by atoms with Gasteiger partial charge in [-0.3, -0.25) is 4.79 Å². The summed E-state index contributed by atoms with van der Waals surface area (Å²) in [6.45, 7) is 0.287. The van der Waals surface area contributed by atoms with Crippen LogP contribution in [0.25, 0.3) is 11.3 Å². The van der Waals surface area contributed by atoms with E-state index >= 15 is 0 Å². The van der Waals surface area contributed by atoms with Gasteiger partial charge in [-0.15, -0.1) is 0 Å². The van der Waals surface area contributed by atoms with Gasteiger partial charge in [0.25, 0.3) is 5.91 Å². The van der Waals surface area contributed by atoms with Crippen molar-refractivity contribution in [3.63, 3.8) is 0 Å². The maximum Gasteiger partial charge on any atom is 0.287 e. The quantitative estimate of drug-likeness (QED) is 0.725. The van der Waals surface area contributed by atoms with Gasteiger partial charge in [0.1, 0.15) is 11.6 Å². The van der Waals surface area contributed by atoms with Crippen molar-refractivity contribution < 1.29 is 23.1 Å². The number of ether oxygens (including phenoxy) is 2. The van der Waals surface area contributed by atoms with Crippen LogP contribution in [0.2, 0.25) is 0 Å². The third-order valence-corrected chi connectivity index (χ3v) is 3.87. The predicted molar refractivity (Wildman–Crippen MR) is 94.8 cm³/mol. The van der Waals surface area contributed by atoms with Gasteiger partial charge in [-0.2, -0.15) is 0 Å². The lowest BCUT2D eigenvalue weighted by Crippen LogP contribution is -2.22. The second-order valence-corrected chi connectivity index (χ2v) is 5.52. The molecular formula is C20H18FNO4. The molecule has 0 aliphatic rings. The van der Waals surface area contributed by atoms with E-state index in [4.69, 9.17) is 13.9 Å². The molecular weight excluding hydrogens is 337 g/mol. The smallest absolute Gasteiger partial charge is 0.287 e. The van der Waals surface area contributed by atoms with Crippen LogP contribution in [0.5, 0.6) is 11.5 Å². The van der Waals surface area contributed by atoms with Gasteiger partial charge in [-0.25, -0.2) is 4.39 Å². The fourth-order valence-corrected chi connectivity index (χ4v) is 2.53. The van der Waals surface area contributed by atoms with Gasteiger partial charge in [0.15, 0.2) is 17.3 Å². The zero-order valence-electron chi connectivity index (χ0n) is 14.4. The molecule has 0 aliphatic carbocycles. The standard InChI is InChI=1S/C20H18FNO4/c1-24-17-8-7-13(11-19(17)25-2)12-22-20(23)18-10-9-16(26-18)14-5-3-4-6-15(14)21/h3-11H,12H2,1-2H3,(H,22,23). The molecule has 0 radical (unpaired) electrons. The Morgan fingerprint density at radius 2 is 1.81 bits per heavy atom. The minimum absolute atomic E-state index is 0.115. The van der Waals surface area contributed by atoms with Crippen LogP contribution in [-0.4, -0.2) is 20.1 Å². The minimum Gasteiger partial charge on any atom is -0.493 e. The minimum atomic E-state index is -0.404. The molecule has 26 heavy (non-hydrogen) atoms. The molecule has 1 N–H and O–H groups in total. The molecule has 6 heteroatoms. The number of halogens is 1. The molecule has 3 rings (SSSR count). The van der Waals surface area contributed by atoms with E-state index in [0.717, 1.165) is 5.56 Å². The highest BCUT2D eigenvalue weighted by Gasteiger charge is 2.14. The van der Waals surface area contributed by atoms with Crippen molar-refractivity contribution in [1.82, 2.24) is 5.32 Å². The normalized spacial score (nSPS) is 10.4. The molecule has 0 atom stereocenters. The molecule has 0 unspecified atom stereocenters. The molecule has 1 amide bonds. The summed E-state index contributed by atoms with van der Waals surface area (Å²) >= 11 is 0. The number of hydrogen-bond donors (Lipinski definition) is 1. The summed E-state index contributed by atoms with van der Waals surface area (Å²) in [6, 6.07) is 14.7. The maximum absolute atomic E-state index is 13.8. The SMILES string of the molecule is COc1ccc(CNC(=O)c2ccc(-c3ccccc3F)o2)cc1OC. The summed E-state index contributed by atoms with van der Waals surface area (Å²) in [6.07, 6.45) is 0. The fourth-order valence-electron chi connectivity index (χ4n) is 2.53. The van der Waals surface area contributed by atoms with Gasteiger partial charge >= 0.3 is 0 Å². The Labute approximate surface area is 150 Å². The number of rotatable bonds is 6. The van der Waals surface area contributed by atoms with E-state index in [1.807, 2.05) is 6.07 Å². The van der Waals surface area contributed by atoms with Crippen LogP contribution in [0.1, 0.15) is 16.1 Å². The van der Waals surface area contributed by atoms with E-state index in [9.17, 15) is 9.18 Å². The van der Waals surface area contributed by atoms with Crippen molar-refractivity contribution >= 4 is 5.91 Å². The number of carbonyl (C=O) groups is 1. The van der Waals surface area contributed by atoms with Crippen molar-refractivity contribution in [2.75, 3.05) is 14.2 Å². The summed E-state index contributed by atoms with van der Waals surface area (Å²) in [5, 5.41) is 2.76. The summed E-state index contributed by atoms with van der Waals surface area (Å²) in [4.78, 5) is 12.3. The monoisotopic (exact) mass is 355 g/mol. The van der Waals surface area contributed by atoms with Crippen molar-refractivity contribution in [3.8, 4) is 22.8 Å². The molecule has 0 aliphatic heterocycles. The largest absolute Gasteiger partial charge is 0.493 e. The number of nitrogens with one attached hydrogen (secondary N) is 1. The lowest BCUT2D eigenvalue weighted by Gasteiger charge is -2.10. The highest BCUT2D eigenvalue weighted by Crippen LogP contribution is 2.28. The topological polar surface area (TPSA) is 60.7 Å². The zero-order chi connectivity index (χ0) is 18.5. The van der Waals surface area contributed by atoms with Crippen LogP contribution in [0.3, 0.4) is 0 Å². The van der Waals surface area contributed by atoms with E-state index in [-0.39, 0.29) is 18.2 Å². The molecule has 0 spiro atoms. The van der Waals surface area contributed by atoms with Gasteiger partial charge in [0.05, 0.1) is 19.8 Å². The van der Waals surface area contributed by atoms with Crippen molar-refractivity contribution in [3.05, 3.63) is 71.7 Å². The molecule has 5 nitrogen and oxygen atoms in total. The number of amides is 1. The van der Waals surface area contributed by atoms with E-state index in [1.165, 1.54) is 12.1 Å². The second-order valence-electron chi connectivity index (χ2n) is 5.52. The summed E-state index contributed by atoms with van der Waals surface area (Å²) in [7, 11) is 3.11. The van der Waals surface area contributed by atoms with Crippen LogP contribution in [0.15, 0.2) is 59.0 Å². The highest BCUT2D eigenvalue weighted by molar-refractivity contribution is 5.92. The van der Waals surface area contributed by atoms with E-state index in [1.54, 1.807) is 50.6 Å². The molecule has 0 saturated carbocycles. The van der Waals surface area contributed by atoms with Crippen molar-refractivity contribution in [1.29, 1.82) is 0 Å². The Balaban J connectivity index is 1.69. The van der Waals surface area contributed by atoms with Crippen molar-refractivity contribution in [2.45, 2.75) is 6.54 Å². The number of benzene rings is 2. The van der Waals surface area contributed by atoms with Gasteiger partial charge in [-0.1, -0.05) is 18.2 Å². The molecule has 134 valence electrons. The number of methoxy groups -OCH3 is 2. The molecule has 2 aromatic carbocycles. The molecule has 0 fully saturated rings. The molecule has 0 saturated heterocycles. The van der Waals surface area contributed by atoms with Crippen LogP contribution < -0.4 is 14.8 Å². The lowest BCUT2D eigenvalue weighted by molar-refractivity contribution is 0.0924. The average Bonchev–Trinajstić information content (AvgIpc) is 3.16. The van der Waals surface area contributed by atoms with E-state index in [0.29, 0.717) is 22.8 Å². The second kappa shape index (κ2) is 7.74. The molecule has 3 aromatic rings. The van der Waals surface area contributed by atoms with Crippen LogP contribution in [-0.2, 0) is 6.54 Å². The zero-order valence-corrected chi connectivity index (χ0v) is 14.4. The predicted octanol–water partition coefficient (Wildman–Crippen LogP) is 4.03. The van der Waals surface area contributed by atoms with Crippen molar-refractivity contribution in [2.24, 2.45) is 0 Å².